The molecule has 0 heterocycles. The zero-order valence-electron chi connectivity index (χ0n) is 10.3. The molecule has 0 aliphatic heterocycles. The molecule has 0 aliphatic carbocycles. The van der Waals surface area contributed by atoms with Crippen molar-refractivity contribution in [3.05, 3.63) is 0 Å². The van der Waals surface area contributed by atoms with E-state index in [4.69, 9.17) is 10.9 Å². The van der Waals surface area contributed by atoms with Gasteiger partial charge in [0.15, 0.2) is 5.84 Å². The van der Waals surface area contributed by atoms with Gasteiger partial charge in [-0.3, -0.25) is 9.00 Å². The average molecular weight is 263 g/mol. The largest absolute Gasteiger partial charge is 0.409 e. The van der Waals surface area contributed by atoms with Crippen LogP contribution in [-0.2, 0) is 15.6 Å². The molecule has 2 atom stereocenters. The molecule has 6 nitrogen and oxygen atoms in total. The van der Waals surface area contributed by atoms with Gasteiger partial charge in [0.05, 0.1) is 5.92 Å². The molecule has 0 aromatic heterocycles. The number of hydrogen-bond acceptors (Lipinski definition) is 4. The first kappa shape index (κ1) is 15.9. The van der Waals surface area contributed by atoms with Crippen LogP contribution >= 0.6 is 0 Å². The first-order valence-electron chi connectivity index (χ1n) is 5.58. The highest BCUT2D eigenvalue weighted by atomic mass is 32.2. The van der Waals surface area contributed by atoms with E-state index in [9.17, 15) is 9.00 Å². The lowest BCUT2D eigenvalue weighted by Gasteiger charge is -2.14. The van der Waals surface area contributed by atoms with Crippen molar-refractivity contribution in [3.8, 4) is 0 Å². The summed E-state index contributed by atoms with van der Waals surface area (Å²) in [5.74, 6) is -0.341. The van der Waals surface area contributed by atoms with Crippen LogP contribution in [0.4, 0.5) is 0 Å². The van der Waals surface area contributed by atoms with Gasteiger partial charge in [-0.1, -0.05) is 18.5 Å². The van der Waals surface area contributed by atoms with E-state index in [1.807, 2.05) is 6.92 Å². The molecule has 100 valence electrons. The highest BCUT2D eigenvalue weighted by Gasteiger charge is 2.21. The van der Waals surface area contributed by atoms with Crippen molar-refractivity contribution < 1.29 is 14.2 Å². The summed E-state index contributed by atoms with van der Waals surface area (Å²) in [6.07, 6.45) is 3.59. The topological polar surface area (TPSA) is 105 Å². The lowest BCUT2D eigenvalue weighted by atomic mass is 10.0. The van der Waals surface area contributed by atoms with Gasteiger partial charge < -0.3 is 16.3 Å². The van der Waals surface area contributed by atoms with E-state index in [-0.39, 0.29) is 11.7 Å². The van der Waals surface area contributed by atoms with Crippen LogP contribution in [0.25, 0.3) is 0 Å². The molecule has 4 N–H and O–H groups in total. The first-order chi connectivity index (χ1) is 8.02. The van der Waals surface area contributed by atoms with E-state index in [0.717, 1.165) is 6.42 Å². The molecule has 7 heteroatoms. The Morgan fingerprint density at radius 2 is 2.24 bits per heavy atom. The maximum absolute atomic E-state index is 11.7. The zero-order chi connectivity index (χ0) is 13.3. The van der Waals surface area contributed by atoms with E-state index >= 15 is 0 Å². The maximum atomic E-state index is 11.7. The number of amides is 1. The summed E-state index contributed by atoms with van der Waals surface area (Å²) in [5.41, 5.74) is 5.45. The predicted molar refractivity (Wildman–Crippen MR) is 68.4 cm³/mol. The molecule has 17 heavy (non-hydrogen) atoms. The summed E-state index contributed by atoms with van der Waals surface area (Å²) in [4.78, 5) is 11.7. The highest BCUT2D eigenvalue weighted by molar-refractivity contribution is 7.84. The summed E-state index contributed by atoms with van der Waals surface area (Å²) in [6, 6.07) is 0. The Balaban J connectivity index is 4.11. The summed E-state index contributed by atoms with van der Waals surface area (Å²) in [6.45, 7) is 2.38. The van der Waals surface area contributed by atoms with Crippen LogP contribution in [0.3, 0.4) is 0 Å². The van der Waals surface area contributed by atoms with Gasteiger partial charge in [-0.05, 0) is 12.8 Å². The molecule has 0 rings (SSSR count). The molecule has 0 saturated heterocycles. The summed E-state index contributed by atoms with van der Waals surface area (Å²) < 4.78 is 10.8. The van der Waals surface area contributed by atoms with E-state index in [2.05, 4.69) is 10.5 Å². The number of carbonyl (C=O) groups excluding carboxylic acids is 1. The normalized spacial score (nSPS) is 15.3. The summed E-state index contributed by atoms with van der Waals surface area (Å²) in [5, 5.41) is 14.1. The fourth-order valence-electron chi connectivity index (χ4n) is 1.38. The van der Waals surface area contributed by atoms with Crippen LogP contribution in [0.15, 0.2) is 5.16 Å². The van der Waals surface area contributed by atoms with E-state index in [1.165, 1.54) is 0 Å². The van der Waals surface area contributed by atoms with Gasteiger partial charge in [0.25, 0.3) is 0 Å². The molecule has 0 saturated carbocycles. The van der Waals surface area contributed by atoms with Gasteiger partial charge in [-0.25, -0.2) is 0 Å². The molecule has 0 aromatic carbocycles. The lowest BCUT2D eigenvalue weighted by molar-refractivity contribution is -0.123. The van der Waals surface area contributed by atoms with Crippen LogP contribution < -0.4 is 11.1 Å². The van der Waals surface area contributed by atoms with Crippen LogP contribution in [0.1, 0.15) is 26.2 Å². The van der Waals surface area contributed by atoms with Crippen molar-refractivity contribution in [2.75, 3.05) is 18.6 Å². The van der Waals surface area contributed by atoms with Crippen molar-refractivity contribution >= 4 is 22.5 Å². The van der Waals surface area contributed by atoms with Crippen LogP contribution in [-0.4, -0.2) is 39.7 Å². The standard InChI is InChI=1S/C10H21N3O3S/c1-3-5-8(9(11)13-15)10(14)12-6-4-7-17(2)16/h8,15H,3-7H2,1-2H3,(H2,11,13)(H,12,14). The average Bonchev–Trinajstić information content (AvgIpc) is 2.30. The Hall–Kier alpha value is -1.11. The smallest absolute Gasteiger partial charge is 0.230 e. The molecule has 0 radical (unpaired) electrons. The Labute approximate surface area is 104 Å². The molecule has 0 aliphatic rings. The second kappa shape index (κ2) is 8.98. The number of nitrogens with zero attached hydrogens (tertiary/aromatic N) is 1. The Morgan fingerprint density at radius 1 is 1.59 bits per heavy atom. The fourth-order valence-corrected chi connectivity index (χ4v) is 1.93. The molecule has 0 aromatic rings. The molecular formula is C10H21N3O3S. The van der Waals surface area contributed by atoms with Crippen molar-refractivity contribution in [2.24, 2.45) is 16.8 Å². The number of nitrogens with two attached hydrogens (primary N) is 1. The monoisotopic (exact) mass is 263 g/mol. The minimum Gasteiger partial charge on any atom is -0.409 e. The third kappa shape index (κ3) is 6.93. The van der Waals surface area contributed by atoms with Crippen molar-refractivity contribution in [3.63, 3.8) is 0 Å². The van der Waals surface area contributed by atoms with Gasteiger partial charge in [0.1, 0.15) is 0 Å². The van der Waals surface area contributed by atoms with Gasteiger partial charge in [0.2, 0.25) is 5.91 Å². The van der Waals surface area contributed by atoms with Gasteiger partial charge in [0, 0.05) is 29.4 Å². The van der Waals surface area contributed by atoms with Crippen LogP contribution in [0.5, 0.6) is 0 Å². The van der Waals surface area contributed by atoms with Crippen molar-refractivity contribution in [1.29, 1.82) is 0 Å². The van der Waals surface area contributed by atoms with Gasteiger partial charge in [-0.15, -0.1) is 0 Å². The van der Waals surface area contributed by atoms with Crippen molar-refractivity contribution in [1.82, 2.24) is 5.32 Å². The molecular weight excluding hydrogens is 242 g/mol. The number of rotatable bonds is 8. The second-order valence-corrected chi connectivity index (χ2v) is 5.34. The minimum atomic E-state index is -0.844. The number of carbonyl (C=O) groups is 1. The predicted octanol–water partition coefficient (Wildman–Crippen LogP) is 0.0339. The third-order valence-electron chi connectivity index (χ3n) is 2.27. The molecule has 0 spiro atoms. The van der Waals surface area contributed by atoms with Crippen LogP contribution in [0.2, 0.25) is 0 Å². The van der Waals surface area contributed by atoms with Gasteiger partial charge in [-0.2, -0.15) is 0 Å². The third-order valence-corrected chi connectivity index (χ3v) is 3.14. The fraction of sp³-hybridized carbons (Fsp3) is 0.800. The summed E-state index contributed by atoms with van der Waals surface area (Å²) in [7, 11) is -0.844. The van der Waals surface area contributed by atoms with E-state index in [1.54, 1.807) is 6.26 Å². The lowest BCUT2D eigenvalue weighted by Crippen LogP contribution is -2.39. The van der Waals surface area contributed by atoms with E-state index < -0.39 is 16.7 Å². The van der Waals surface area contributed by atoms with E-state index in [0.29, 0.717) is 25.1 Å². The first-order valence-corrected chi connectivity index (χ1v) is 7.30. The number of amidine groups is 1. The van der Waals surface area contributed by atoms with Gasteiger partial charge >= 0.3 is 0 Å². The summed E-state index contributed by atoms with van der Waals surface area (Å²) >= 11 is 0. The second-order valence-electron chi connectivity index (χ2n) is 3.79. The maximum Gasteiger partial charge on any atom is 0.230 e. The zero-order valence-corrected chi connectivity index (χ0v) is 11.1. The quantitative estimate of drug-likeness (QED) is 0.189. The molecule has 1 amide bonds. The van der Waals surface area contributed by atoms with Crippen molar-refractivity contribution in [2.45, 2.75) is 26.2 Å². The Bertz CT molecular complexity index is 295. The Kier molecular flexibility index (Phi) is 8.39. The SMILES string of the molecule is CCCC(C(=O)NCCCS(C)=O)C(N)=NO. The highest BCUT2D eigenvalue weighted by Crippen LogP contribution is 2.06. The molecule has 0 fully saturated rings. The number of nitrogens with one attached hydrogen (secondary N) is 1. The number of hydrogen-bond donors (Lipinski definition) is 3. The van der Waals surface area contributed by atoms with Crippen LogP contribution in [0, 0.1) is 5.92 Å². The Morgan fingerprint density at radius 3 is 2.71 bits per heavy atom. The number of oxime groups is 1. The minimum absolute atomic E-state index is 0.0663. The molecule has 2 unspecified atom stereocenters. The molecule has 0 bridgehead atoms.